The third-order valence-electron chi connectivity index (χ3n) is 5.97. The number of hydrogen-bond donors (Lipinski definition) is 0. The molecular weight excluding hydrogens is 504 g/mol. The highest BCUT2D eigenvalue weighted by Gasteiger charge is 2.30. The van der Waals surface area contributed by atoms with Crippen LogP contribution in [0.25, 0.3) is 11.3 Å². The van der Waals surface area contributed by atoms with Gasteiger partial charge in [-0.2, -0.15) is 0 Å². The van der Waals surface area contributed by atoms with Crippen molar-refractivity contribution in [2.45, 2.75) is 33.6 Å². The van der Waals surface area contributed by atoms with E-state index in [9.17, 15) is 9.59 Å². The number of nitrogens with zero attached hydrogens (tertiary/aromatic N) is 2. The summed E-state index contributed by atoms with van der Waals surface area (Å²) >= 11 is 6.46. The van der Waals surface area contributed by atoms with Crippen molar-refractivity contribution in [3.8, 4) is 11.3 Å². The molecule has 196 valence electrons. The molecule has 0 unspecified atom stereocenters. The molecule has 4 rings (SSSR count). The predicted octanol–water partition coefficient (Wildman–Crippen LogP) is 7.29. The number of esters is 1. The van der Waals surface area contributed by atoms with Gasteiger partial charge in [-0.25, -0.2) is 9.69 Å². The average molecular weight is 533 g/mol. The van der Waals surface area contributed by atoms with Gasteiger partial charge < -0.3 is 14.0 Å². The summed E-state index contributed by atoms with van der Waals surface area (Å²) in [7, 11) is 0. The SMILES string of the molecule is CCOC(=O)Cc1ccccc1Cc1ccc(-c2onc(C)c2N(C(=O)OCC)c2ccccc2Cl)cc1. The fourth-order valence-electron chi connectivity index (χ4n) is 4.21. The summed E-state index contributed by atoms with van der Waals surface area (Å²) in [6.45, 7) is 5.86. The normalized spacial score (nSPS) is 10.7. The number of aromatic nitrogens is 1. The number of para-hydroxylation sites is 1. The Labute approximate surface area is 226 Å². The van der Waals surface area contributed by atoms with Gasteiger partial charge in [0, 0.05) is 5.56 Å². The van der Waals surface area contributed by atoms with E-state index in [-0.39, 0.29) is 19.0 Å². The second-order valence-electron chi connectivity index (χ2n) is 8.56. The Hall–Kier alpha value is -4.10. The summed E-state index contributed by atoms with van der Waals surface area (Å²) in [5.41, 5.74) is 5.23. The second kappa shape index (κ2) is 12.4. The zero-order valence-corrected chi connectivity index (χ0v) is 22.3. The Morgan fingerprint density at radius 2 is 1.55 bits per heavy atom. The minimum Gasteiger partial charge on any atom is -0.466 e. The van der Waals surface area contributed by atoms with Gasteiger partial charge in [0.1, 0.15) is 11.4 Å². The second-order valence-corrected chi connectivity index (χ2v) is 8.96. The Morgan fingerprint density at radius 3 is 2.24 bits per heavy atom. The first-order valence-corrected chi connectivity index (χ1v) is 12.8. The van der Waals surface area contributed by atoms with E-state index in [0.29, 0.717) is 40.9 Å². The lowest BCUT2D eigenvalue weighted by molar-refractivity contribution is -0.142. The van der Waals surface area contributed by atoms with E-state index in [1.807, 2.05) is 48.5 Å². The largest absolute Gasteiger partial charge is 0.466 e. The number of benzene rings is 3. The first-order valence-electron chi connectivity index (χ1n) is 12.4. The Morgan fingerprint density at radius 1 is 0.895 bits per heavy atom. The maximum atomic E-state index is 13.1. The quantitative estimate of drug-likeness (QED) is 0.210. The van der Waals surface area contributed by atoms with Crippen molar-refractivity contribution < 1.29 is 23.6 Å². The summed E-state index contributed by atoms with van der Waals surface area (Å²) in [4.78, 5) is 26.5. The van der Waals surface area contributed by atoms with Gasteiger partial charge in [-0.15, -0.1) is 0 Å². The number of carbonyl (C=O) groups is 2. The number of ether oxygens (including phenoxy) is 2. The van der Waals surface area contributed by atoms with Crippen LogP contribution in [0.1, 0.15) is 36.2 Å². The summed E-state index contributed by atoms with van der Waals surface area (Å²) < 4.78 is 16.2. The standard InChI is InChI=1S/C30H29ClN2O5/c1-4-36-27(34)19-24-11-7-6-10-23(24)18-21-14-16-22(17-15-21)29-28(20(3)32-38-29)33(30(35)37-5-2)26-13-9-8-12-25(26)31/h6-17H,4-5,18-19H2,1-3H3. The zero-order valence-electron chi connectivity index (χ0n) is 21.6. The van der Waals surface area contributed by atoms with Crippen LogP contribution in [0.2, 0.25) is 5.02 Å². The first kappa shape index (κ1) is 26.9. The van der Waals surface area contributed by atoms with Crippen LogP contribution in [-0.4, -0.2) is 30.4 Å². The molecule has 1 amide bonds. The van der Waals surface area contributed by atoms with E-state index in [1.165, 1.54) is 4.90 Å². The van der Waals surface area contributed by atoms with Gasteiger partial charge in [0.25, 0.3) is 0 Å². The molecule has 0 atom stereocenters. The molecule has 0 radical (unpaired) electrons. The number of halogens is 1. The van der Waals surface area contributed by atoms with Crippen molar-refractivity contribution in [1.29, 1.82) is 0 Å². The number of hydrogen-bond acceptors (Lipinski definition) is 6. The number of carbonyl (C=O) groups excluding carboxylic acids is 2. The molecule has 0 aliphatic heterocycles. The molecule has 0 aliphatic rings. The zero-order chi connectivity index (χ0) is 27.1. The van der Waals surface area contributed by atoms with Crippen LogP contribution in [-0.2, 0) is 27.1 Å². The number of aryl methyl sites for hydroxylation is 1. The van der Waals surface area contributed by atoms with Crippen molar-refractivity contribution in [2.24, 2.45) is 0 Å². The first-order chi connectivity index (χ1) is 18.4. The van der Waals surface area contributed by atoms with Crippen molar-refractivity contribution in [2.75, 3.05) is 18.1 Å². The van der Waals surface area contributed by atoms with Crippen LogP contribution < -0.4 is 4.90 Å². The molecular formula is C30H29ClN2O5. The van der Waals surface area contributed by atoms with Gasteiger partial charge in [-0.1, -0.05) is 77.4 Å². The van der Waals surface area contributed by atoms with Crippen LogP contribution in [0.4, 0.5) is 16.2 Å². The lowest BCUT2D eigenvalue weighted by atomic mass is 9.97. The van der Waals surface area contributed by atoms with Crippen LogP contribution in [0.5, 0.6) is 0 Å². The summed E-state index contributed by atoms with van der Waals surface area (Å²) in [6, 6.07) is 22.7. The van der Waals surface area contributed by atoms with E-state index in [4.69, 9.17) is 25.6 Å². The molecule has 0 aliphatic carbocycles. The molecule has 0 spiro atoms. The van der Waals surface area contributed by atoms with E-state index in [1.54, 1.807) is 45.0 Å². The summed E-state index contributed by atoms with van der Waals surface area (Å²) in [5, 5.41) is 4.54. The molecule has 1 aromatic heterocycles. The molecule has 1 heterocycles. The lowest BCUT2D eigenvalue weighted by Gasteiger charge is -2.23. The number of rotatable bonds is 9. The minimum atomic E-state index is -0.581. The van der Waals surface area contributed by atoms with Crippen LogP contribution in [0, 0.1) is 6.92 Å². The highest BCUT2D eigenvalue weighted by molar-refractivity contribution is 6.34. The number of amides is 1. The molecule has 0 fully saturated rings. The van der Waals surface area contributed by atoms with Crippen molar-refractivity contribution in [3.63, 3.8) is 0 Å². The Balaban J connectivity index is 1.65. The smallest absolute Gasteiger partial charge is 0.419 e. The summed E-state index contributed by atoms with van der Waals surface area (Å²) in [5.74, 6) is 0.179. The molecule has 4 aromatic rings. The minimum absolute atomic E-state index is 0.200. The maximum absolute atomic E-state index is 13.1. The van der Waals surface area contributed by atoms with Gasteiger partial charge in [0.2, 0.25) is 0 Å². The third kappa shape index (κ3) is 6.06. The Bertz CT molecular complexity index is 1410. The van der Waals surface area contributed by atoms with Gasteiger partial charge in [0.15, 0.2) is 5.76 Å². The molecule has 3 aromatic carbocycles. The van der Waals surface area contributed by atoms with Crippen LogP contribution in [0.3, 0.4) is 0 Å². The van der Waals surface area contributed by atoms with Crippen LogP contribution in [0.15, 0.2) is 77.3 Å². The van der Waals surface area contributed by atoms with Gasteiger partial charge in [-0.3, -0.25) is 4.79 Å². The molecule has 0 N–H and O–H groups in total. The van der Waals surface area contributed by atoms with E-state index in [0.717, 1.165) is 22.3 Å². The summed E-state index contributed by atoms with van der Waals surface area (Å²) in [6.07, 6.45) is 0.296. The molecule has 0 saturated heterocycles. The third-order valence-corrected chi connectivity index (χ3v) is 6.29. The molecule has 38 heavy (non-hydrogen) atoms. The molecule has 0 saturated carbocycles. The molecule has 0 bridgehead atoms. The monoisotopic (exact) mass is 532 g/mol. The van der Waals surface area contributed by atoms with Crippen LogP contribution >= 0.6 is 11.6 Å². The fraction of sp³-hybridized carbons (Fsp3) is 0.233. The molecule has 7 nitrogen and oxygen atoms in total. The highest BCUT2D eigenvalue weighted by Crippen LogP contribution is 2.41. The topological polar surface area (TPSA) is 81.9 Å². The maximum Gasteiger partial charge on any atom is 0.419 e. The lowest BCUT2D eigenvalue weighted by Crippen LogP contribution is -2.27. The van der Waals surface area contributed by atoms with E-state index in [2.05, 4.69) is 5.16 Å². The van der Waals surface area contributed by atoms with E-state index < -0.39 is 6.09 Å². The van der Waals surface area contributed by atoms with Crippen molar-refractivity contribution in [3.05, 3.63) is 100 Å². The Kier molecular flexibility index (Phi) is 8.81. The fourth-order valence-corrected chi connectivity index (χ4v) is 4.43. The van der Waals surface area contributed by atoms with Gasteiger partial charge in [0.05, 0.1) is 30.3 Å². The van der Waals surface area contributed by atoms with Crippen molar-refractivity contribution in [1.82, 2.24) is 5.16 Å². The van der Waals surface area contributed by atoms with Gasteiger partial charge in [-0.05, 0) is 56.0 Å². The predicted molar refractivity (Wildman–Crippen MR) is 147 cm³/mol. The van der Waals surface area contributed by atoms with E-state index >= 15 is 0 Å². The average Bonchev–Trinajstić information content (AvgIpc) is 3.28. The molecule has 8 heteroatoms. The highest BCUT2D eigenvalue weighted by atomic mass is 35.5. The van der Waals surface area contributed by atoms with Gasteiger partial charge >= 0.3 is 12.1 Å². The van der Waals surface area contributed by atoms with Crippen molar-refractivity contribution >= 4 is 35.0 Å². The number of anilines is 2.